The molecule has 1 aliphatic heterocycles. The first-order chi connectivity index (χ1) is 12.9. The summed E-state index contributed by atoms with van der Waals surface area (Å²) in [5.74, 6) is 0. The molecule has 27 heavy (non-hydrogen) atoms. The normalized spacial score (nSPS) is 21.7. The number of β-amino-alcohol motifs (C(OH)–C–C–N with tert-alkyl or cyclic N) is 1. The van der Waals surface area contributed by atoms with Crippen molar-refractivity contribution in [3.05, 3.63) is 58.7 Å². The molecule has 4 nitrogen and oxygen atoms in total. The van der Waals surface area contributed by atoms with Crippen LogP contribution in [0.15, 0.2) is 53.1 Å². The molecule has 0 aromatic heterocycles. The zero-order chi connectivity index (χ0) is 19.4. The third-order valence-electron chi connectivity index (χ3n) is 5.17. The zero-order valence-electron chi connectivity index (χ0n) is 15.9. The molecular weight excluding hydrogens is 334 g/mol. The van der Waals surface area contributed by atoms with Gasteiger partial charge in [0.1, 0.15) is 17.7 Å². The van der Waals surface area contributed by atoms with Gasteiger partial charge in [0.15, 0.2) is 0 Å². The monoisotopic (exact) mass is 359 g/mol. The number of rotatable bonds is 3. The molecule has 1 aromatic rings. The van der Waals surface area contributed by atoms with Gasteiger partial charge in [-0.05, 0) is 53.5 Å². The molecule has 138 valence electrons. The number of nitrogens with zero attached hydrogens (tertiary/aromatic N) is 3. The van der Waals surface area contributed by atoms with E-state index < -0.39 is 0 Å². The Labute approximate surface area is 161 Å². The van der Waals surface area contributed by atoms with Gasteiger partial charge in [0.2, 0.25) is 0 Å². The van der Waals surface area contributed by atoms with Crippen molar-refractivity contribution in [2.24, 2.45) is 5.41 Å². The summed E-state index contributed by atoms with van der Waals surface area (Å²) in [6, 6.07) is 12.4. The molecule has 0 saturated carbocycles. The maximum absolute atomic E-state index is 9.68. The van der Waals surface area contributed by atoms with E-state index in [0.29, 0.717) is 6.54 Å². The number of allylic oxidation sites excluding steroid dienone is 5. The number of hydrogen-bond donors (Lipinski definition) is 1. The summed E-state index contributed by atoms with van der Waals surface area (Å²) in [6.45, 7) is 5.93. The van der Waals surface area contributed by atoms with Crippen molar-refractivity contribution in [1.82, 2.24) is 0 Å². The highest BCUT2D eigenvalue weighted by Crippen LogP contribution is 2.39. The van der Waals surface area contributed by atoms with Gasteiger partial charge >= 0.3 is 0 Å². The minimum absolute atomic E-state index is 0.0309. The van der Waals surface area contributed by atoms with Gasteiger partial charge in [-0.3, -0.25) is 0 Å². The molecule has 0 spiro atoms. The first-order valence-corrected chi connectivity index (χ1v) is 9.35. The molecule has 0 radical (unpaired) electrons. The summed E-state index contributed by atoms with van der Waals surface area (Å²) in [7, 11) is 0. The number of hydrogen-bond acceptors (Lipinski definition) is 4. The Kier molecular flexibility index (Phi) is 5.49. The maximum atomic E-state index is 9.68. The van der Waals surface area contributed by atoms with Crippen molar-refractivity contribution in [2.75, 3.05) is 18.0 Å². The van der Waals surface area contributed by atoms with Crippen molar-refractivity contribution in [3.8, 4) is 12.1 Å². The van der Waals surface area contributed by atoms with E-state index in [9.17, 15) is 15.6 Å². The number of aliphatic hydroxyl groups is 1. The molecule has 3 rings (SSSR count). The van der Waals surface area contributed by atoms with Crippen LogP contribution in [0.2, 0.25) is 0 Å². The maximum Gasteiger partial charge on any atom is 0.132 e. The first kappa shape index (κ1) is 19.0. The summed E-state index contributed by atoms with van der Waals surface area (Å²) in [4.78, 5) is 2.20. The third kappa shape index (κ3) is 4.67. The Morgan fingerprint density at radius 2 is 1.85 bits per heavy atom. The lowest BCUT2D eigenvalue weighted by atomic mass is 9.74. The topological polar surface area (TPSA) is 71.0 Å². The van der Waals surface area contributed by atoms with Crippen molar-refractivity contribution in [1.29, 1.82) is 10.5 Å². The van der Waals surface area contributed by atoms with Gasteiger partial charge < -0.3 is 10.0 Å². The lowest BCUT2D eigenvalue weighted by Gasteiger charge is -2.30. The van der Waals surface area contributed by atoms with Gasteiger partial charge in [-0.25, -0.2) is 0 Å². The Balaban J connectivity index is 1.77. The minimum Gasteiger partial charge on any atom is -0.391 e. The molecule has 4 heteroatoms. The smallest absolute Gasteiger partial charge is 0.132 e. The fraction of sp³-hybridized carbons (Fsp3) is 0.391. The fourth-order valence-corrected chi connectivity index (χ4v) is 3.87. The SMILES string of the molecule is CC1(C)CC(/C=C/c2ccc(N3CC[C@@H](O)C3)cc2)=CC(=C(C#N)C#N)C1. The second-order valence-corrected chi connectivity index (χ2v) is 8.17. The van der Waals surface area contributed by atoms with Crippen LogP contribution in [0.3, 0.4) is 0 Å². The number of anilines is 1. The second-order valence-electron chi connectivity index (χ2n) is 8.17. The molecular formula is C23H25N3O. The lowest BCUT2D eigenvalue weighted by molar-refractivity contribution is 0.198. The van der Waals surface area contributed by atoms with Crippen LogP contribution in [0, 0.1) is 28.1 Å². The largest absolute Gasteiger partial charge is 0.391 e. The van der Waals surface area contributed by atoms with E-state index in [1.54, 1.807) is 0 Å². The molecule has 2 aliphatic rings. The predicted molar refractivity (Wildman–Crippen MR) is 108 cm³/mol. The Bertz CT molecular complexity index is 860. The van der Waals surface area contributed by atoms with Gasteiger partial charge in [0.25, 0.3) is 0 Å². The van der Waals surface area contributed by atoms with E-state index in [1.807, 2.05) is 18.2 Å². The molecule has 0 bridgehead atoms. The van der Waals surface area contributed by atoms with Crippen molar-refractivity contribution in [2.45, 2.75) is 39.2 Å². The minimum atomic E-state index is -0.222. The molecule has 0 amide bonds. The number of benzene rings is 1. The van der Waals surface area contributed by atoms with Crippen molar-refractivity contribution < 1.29 is 5.11 Å². The fourth-order valence-electron chi connectivity index (χ4n) is 3.87. The highest BCUT2D eigenvalue weighted by atomic mass is 16.3. The van der Waals surface area contributed by atoms with E-state index in [4.69, 9.17) is 0 Å². The molecule has 1 aromatic carbocycles. The van der Waals surface area contributed by atoms with Gasteiger partial charge in [-0.15, -0.1) is 0 Å². The van der Waals surface area contributed by atoms with Crippen LogP contribution in [-0.2, 0) is 0 Å². The van der Waals surface area contributed by atoms with Gasteiger partial charge in [0.05, 0.1) is 6.10 Å². The van der Waals surface area contributed by atoms with E-state index in [-0.39, 0.29) is 17.1 Å². The Morgan fingerprint density at radius 1 is 1.15 bits per heavy atom. The lowest BCUT2D eigenvalue weighted by Crippen LogP contribution is -2.20. The summed E-state index contributed by atoms with van der Waals surface area (Å²) in [6.07, 6.45) is 8.42. The average Bonchev–Trinajstić information content (AvgIpc) is 3.07. The van der Waals surface area contributed by atoms with E-state index >= 15 is 0 Å². The van der Waals surface area contributed by atoms with Crippen LogP contribution in [-0.4, -0.2) is 24.3 Å². The third-order valence-corrected chi connectivity index (χ3v) is 5.17. The highest BCUT2D eigenvalue weighted by molar-refractivity contribution is 5.59. The molecule has 1 saturated heterocycles. The highest BCUT2D eigenvalue weighted by Gasteiger charge is 2.26. The average molecular weight is 359 g/mol. The molecule has 1 N–H and O–H groups in total. The van der Waals surface area contributed by atoms with Gasteiger partial charge in [0, 0.05) is 18.8 Å². The van der Waals surface area contributed by atoms with Gasteiger partial charge in [-0.1, -0.05) is 44.2 Å². The van der Waals surface area contributed by atoms with E-state index in [1.165, 1.54) is 0 Å². The number of aliphatic hydroxyl groups excluding tert-OH is 1. The molecule has 1 atom stereocenters. The summed E-state index contributed by atoms with van der Waals surface area (Å²) in [5.41, 5.74) is 4.46. The van der Waals surface area contributed by atoms with Crippen LogP contribution in [0.4, 0.5) is 5.69 Å². The van der Waals surface area contributed by atoms with Crippen LogP contribution in [0.5, 0.6) is 0 Å². The zero-order valence-corrected chi connectivity index (χ0v) is 15.9. The second kappa shape index (κ2) is 7.82. The van der Waals surface area contributed by atoms with Gasteiger partial charge in [-0.2, -0.15) is 10.5 Å². The standard InChI is InChI=1S/C23H25N3O/c1-23(2)12-18(11-19(13-23)20(14-24)15-25)4-3-17-5-7-21(8-6-17)26-10-9-22(27)16-26/h3-8,11,22,27H,9-10,12-13,16H2,1-2H3/b4-3+/t22-/m1/s1. The molecule has 1 fully saturated rings. The van der Waals surface area contributed by atoms with Crippen LogP contribution < -0.4 is 4.90 Å². The molecule has 1 aliphatic carbocycles. The Morgan fingerprint density at radius 3 is 2.44 bits per heavy atom. The summed E-state index contributed by atoms with van der Waals surface area (Å²) < 4.78 is 0. The van der Waals surface area contributed by atoms with E-state index in [0.717, 1.165) is 48.2 Å². The predicted octanol–water partition coefficient (Wildman–Crippen LogP) is 4.36. The summed E-state index contributed by atoms with van der Waals surface area (Å²) in [5, 5.41) is 28.0. The van der Waals surface area contributed by atoms with Crippen LogP contribution in [0.25, 0.3) is 6.08 Å². The Hall–Kier alpha value is -2.82. The van der Waals surface area contributed by atoms with Crippen LogP contribution in [0.1, 0.15) is 38.7 Å². The number of nitriles is 2. The van der Waals surface area contributed by atoms with Crippen molar-refractivity contribution in [3.63, 3.8) is 0 Å². The van der Waals surface area contributed by atoms with Crippen molar-refractivity contribution >= 4 is 11.8 Å². The first-order valence-electron chi connectivity index (χ1n) is 9.35. The summed E-state index contributed by atoms with van der Waals surface area (Å²) >= 11 is 0. The quantitative estimate of drug-likeness (QED) is 0.814. The molecule has 0 unspecified atom stereocenters. The van der Waals surface area contributed by atoms with E-state index in [2.05, 4.69) is 55.2 Å². The van der Waals surface area contributed by atoms with Crippen LogP contribution >= 0.6 is 0 Å². The molecule has 1 heterocycles.